The Morgan fingerprint density at radius 3 is 2.38 bits per heavy atom. The van der Waals surface area contributed by atoms with Gasteiger partial charge in [-0.1, -0.05) is 32.9 Å². The molecule has 0 bridgehead atoms. The maximum atomic E-state index is 13.6. The summed E-state index contributed by atoms with van der Waals surface area (Å²) in [6.45, 7) is 7.55. The number of aryl methyl sites for hydroxylation is 1. The number of halogens is 1. The number of aromatic nitrogens is 3. The van der Waals surface area contributed by atoms with Crippen molar-refractivity contribution >= 4 is 17.2 Å². The average molecular weight is 432 g/mol. The van der Waals surface area contributed by atoms with Crippen LogP contribution in [0, 0.1) is 18.2 Å². The molecule has 6 nitrogen and oxygen atoms in total. The van der Waals surface area contributed by atoms with E-state index in [0.29, 0.717) is 22.9 Å². The number of nitrogens with one attached hydrogen (secondary N) is 1. The van der Waals surface area contributed by atoms with Crippen molar-refractivity contribution in [2.45, 2.75) is 27.7 Å². The van der Waals surface area contributed by atoms with Gasteiger partial charge in [0.1, 0.15) is 11.5 Å². The fourth-order valence-electron chi connectivity index (χ4n) is 3.31. The third-order valence-corrected chi connectivity index (χ3v) is 5.22. The van der Waals surface area contributed by atoms with Gasteiger partial charge in [0.25, 0.3) is 0 Å². The van der Waals surface area contributed by atoms with E-state index in [4.69, 9.17) is 9.72 Å². The summed E-state index contributed by atoms with van der Waals surface area (Å²) in [7, 11) is 1.55. The zero-order valence-electron chi connectivity index (χ0n) is 18.7. The van der Waals surface area contributed by atoms with E-state index >= 15 is 0 Å². The number of carbonyl (C=O) groups is 1. The van der Waals surface area contributed by atoms with E-state index < -0.39 is 5.41 Å². The maximum absolute atomic E-state index is 13.6. The van der Waals surface area contributed by atoms with Crippen LogP contribution >= 0.6 is 0 Å². The highest BCUT2D eigenvalue weighted by Crippen LogP contribution is 2.35. The molecule has 2 aromatic carbocycles. The summed E-state index contributed by atoms with van der Waals surface area (Å²) in [5.41, 5.74) is 4.71. The summed E-state index contributed by atoms with van der Waals surface area (Å²) < 4.78 is 20.6. The Kier molecular flexibility index (Phi) is 5.42. The number of ether oxygens (including phenoxy) is 1. The first-order chi connectivity index (χ1) is 15.2. The number of benzene rings is 2. The fraction of sp³-hybridized carbons (Fsp3) is 0.240. The molecular formula is C25H25FN4O2. The predicted molar refractivity (Wildman–Crippen MR) is 123 cm³/mol. The summed E-state index contributed by atoms with van der Waals surface area (Å²) in [5.74, 6) is 0.0435. The van der Waals surface area contributed by atoms with Gasteiger partial charge in [0.2, 0.25) is 11.8 Å². The van der Waals surface area contributed by atoms with Crippen molar-refractivity contribution in [3.8, 4) is 28.4 Å². The van der Waals surface area contributed by atoms with Crippen molar-refractivity contribution in [1.29, 1.82) is 0 Å². The first-order valence-corrected chi connectivity index (χ1v) is 10.3. The lowest BCUT2D eigenvalue weighted by Crippen LogP contribution is -2.27. The van der Waals surface area contributed by atoms with E-state index in [2.05, 4.69) is 10.4 Å². The Balaban J connectivity index is 1.91. The van der Waals surface area contributed by atoms with Gasteiger partial charge in [-0.25, -0.2) is 13.9 Å². The summed E-state index contributed by atoms with van der Waals surface area (Å²) in [5, 5.41) is 7.55. The van der Waals surface area contributed by atoms with Crippen LogP contribution in [0.3, 0.4) is 0 Å². The Morgan fingerprint density at radius 1 is 1.03 bits per heavy atom. The highest BCUT2D eigenvalue weighted by atomic mass is 19.1. The number of amides is 1. The van der Waals surface area contributed by atoms with Gasteiger partial charge in [-0.3, -0.25) is 4.79 Å². The monoisotopic (exact) mass is 432 g/mol. The van der Waals surface area contributed by atoms with Crippen LogP contribution in [0.2, 0.25) is 0 Å². The highest BCUT2D eigenvalue weighted by molar-refractivity contribution is 5.96. The predicted octanol–water partition coefficient (Wildman–Crippen LogP) is 5.50. The molecule has 0 radical (unpaired) electrons. The van der Waals surface area contributed by atoms with Crippen LogP contribution < -0.4 is 10.1 Å². The minimum absolute atomic E-state index is 0.0714. The first kappa shape index (κ1) is 21.5. The number of anilines is 1. The minimum Gasteiger partial charge on any atom is -0.480 e. The second-order valence-corrected chi connectivity index (χ2v) is 8.70. The SMILES string of the molecule is COc1ccc2nc(-c3ccc(C)c(NC(=O)C(C)(C)C)c3)c(-c3ccc(F)cc3)n2n1. The zero-order valence-corrected chi connectivity index (χ0v) is 18.7. The topological polar surface area (TPSA) is 68.5 Å². The van der Waals surface area contributed by atoms with E-state index in [-0.39, 0.29) is 11.7 Å². The Morgan fingerprint density at radius 2 is 1.72 bits per heavy atom. The maximum Gasteiger partial charge on any atom is 0.231 e. The van der Waals surface area contributed by atoms with Gasteiger partial charge in [0.15, 0.2) is 5.65 Å². The largest absolute Gasteiger partial charge is 0.480 e. The van der Waals surface area contributed by atoms with Gasteiger partial charge in [-0.05, 0) is 48.9 Å². The molecule has 4 rings (SSSR count). The lowest BCUT2D eigenvalue weighted by atomic mass is 9.95. The van der Waals surface area contributed by atoms with Gasteiger partial charge >= 0.3 is 0 Å². The van der Waals surface area contributed by atoms with E-state index in [0.717, 1.165) is 22.4 Å². The molecule has 1 amide bonds. The van der Waals surface area contributed by atoms with E-state index in [1.807, 2.05) is 52.0 Å². The third kappa shape index (κ3) is 4.06. The lowest BCUT2D eigenvalue weighted by molar-refractivity contribution is -0.123. The van der Waals surface area contributed by atoms with Crippen molar-refractivity contribution in [2.75, 3.05) is 12.4 Å². The van der Waals surface area contributed by atoms with Crippen molar-refractivity contribution < 1.29 is 13.9 Å². The molecule has 0 fully saturated rings. The lowest BCUT2D eigenvalue weighted by Gasteiger charge is -2.19. The molecule has 2 aromatic heterocycles. The van der Waals surface area contributed by atoms with Crippen LogP contribution in [-0.4, -0.2) is 27.6 Å². The summed E-state index contributed by atoms with van der Waals surface area (Å²) >= 11 is 0. The number of hydrogen-bond donors (Lipinski definition) is 1. The Bertz CT molecular complexity index is 1300. The van der Waals surface area contributed by atoms with Gasteiger partial charge in [-0.15, -0.1) is 5.10 Å². The molecule has 164 valence electrons. The van der Waals surface area contributed by atoms with E-state index in [1.165, 1.54) is 12.1 Å². The van der Waals surface area contributed by atoms with Crippen LogP contribution in [-0.2, 0) is 4.79 Å². The van der Waals surface area contributed by atoms with Crippen molar-refractivity contribution in [3.05, 3.63) is 66.0 Å². The molecule has 0 aliphatic carbocycles. The van der Waals surface area contributed by atoms with Crippen molar-refractivity contribution in [1.82, 2.24) is 14.6 Å². The molecule has 1 N–H and O–H groups in total. The summed E-state index contributed by atoms with van der Waals surface area (Å²) in [4.78, 5) is 17.4. The molecule has 2 heterocycles. The highest BCUT2D eigenvalue weighted by Gasteiger charge is 2.23. The molecule has 0 saturated carbocycles. The molecule has 0 unspecified atom stereocenters. The number of fused-ring (bicyclic) bond motifs is 1. The molecule has 0 spiro atoms. The molecule has 0 aliphatic heterocycles. The third-order valence-electron chi connectivity index (χ3n) is 5.22. The molecule has 0 atom stereocenters. The number of imidazole rings is 1. The van der Waals surface area contributed by atoms with Crippen LogP contribution in [0.4, 0.5) is 10.1 Å². The molecule has 4 aromatic rings. The van der Waals surface area contributed by atoms with E-state index in [9.17, 15) is 9.18 Å². The Labute approximate surface area is 186 Å². The van der Waals surface area contributed by atoms with Gasteiger partial charge in [0, 0.05) is 28.3 Å². The molecule has 32 heavy (non-hydrogen) atoms. The molecule has 7 heteroatoms. The van der Waals surface area contributed by atoms with Gasteiger partial charge in [0.05, 0.1) is 12.8 Å². The number of nitrogens with zero attached hydrogens (tertiary/aromatic N) is 3. The van der Waals surface area contributed by atoms with Crippen LogP contribution in [0.1, 0.15) is 26.3 Å². The zero-order chi connectivity index (χ0) is 23.0. The van der Waals surface area contributed by atoms with Crippen LogP contribution in [0.25, 0.3) is 28.2 Å². The first-order valence-electron chi connectivity index (χ1n) is 10.3. The minimum atomic E-state index is -0.523. The van der Waals surface area contributed by atoms with Crippen molar-refractivity contribution in [3.63, 3.8) is 0 Å². The Hall–Kier alpha value is -3.74. The average Bonchev–Trinajstić information content (AvgIpc) is 3.13. The molecule has 0 aliphatic rings. The van der Waals surface area contributed by atoms with Crippen LogP contribution in [0.15, 0.2) is 54.6 Å². The summed E-state index contributed by atoms with van der Waals surface area (Å²) in [6, 6.07) is 15.6. The number of rotatable bonds is 4. The fourth-order valence-corrected chi connectivity index (χ4v) is 3.31. The van der Waals surface area contributed by atoms with Gasteiger partial charge in [-0.2, -0.15) is 0 Å². The molecular weight excluding hydrogens is 407 g/mol. The van der Waals surface area contributed by atoms with Crippen molar-refractivity contribution in [2.24, 2.45) is 5.41 Å². The number of methoxy groups -OCH3 is 1. The second-order valence-electron chi connectivity index (χ2n) is 8.70. The number of hydrogen-bond acceptors (Lipinski definition) is 4. The van der Waals surface area contributed by atoms with Gasteiger partial charge < -0.3 is 10.1 Å². The van der Waals surface area contributed by atoms with E-state index in [1.54, 1.807) is 29.8 Å². The normalized spacial score (nSPS) is 11.6. The summed E-state index contributed by atoms with van der Waals surface area (Å²) in [6.07, 6.45) is 0. The standard InChI is InChI=1S/C25H25FN4O2/c1-15-6-7-17(14-19(15)27-24(31)25(2,3)4)22-23(16-8-10-18(26)11-9-16)30-20(28-22)12-13-21(29-30)32-5/h6-14H,1-5H3,(H,27,31). The quantitative estimate of drug-likeness (QED) is 0.462. The number of carbonyl (C=O) groups excluding carboxylic acids is 1. The second kappa shape index (κ2) is 8.07. The smallest absolute Gasteiger partial charge is 0.231 e. The molecule has 0 saturated heterocycles. The van der Waals surface area contributed by atoms with Crippen LogP contribution in [0.5, 0.6) is 5.88 Å².